The van der Waals surface area contributed by atoms with Crippen LogP contribution in [0, 0.1) is 0 Å². The van der Waals surface area contributed by atoms with E-state index in [4.69, 9.17) is 4.74 Å². The molecule has 4 nitrogen and oxygen atoms in total. The highest BCUT2D eigenvalue weighted by molar-refractivity contribution is 5.79. The fourth-order valence-electron chi connectivity index (χ4n) is 3.28. The van der Waals surface area contributed by atoms with Crippen LogP contribution in [0.15, 0.2) is 48.5 Å². The summed E-state index contributed by atoms with van der Waals surface area (Å²) in [5.41, 5.74) is 4.73. The minimum atomic E-state index is -0.539. The van der Waals surface area contributed by atoms with Gasteiger partial charge in [0.05, 0.1) is 6.04 Å². The average Bonchev–Trinajstić information content (AvgIpc) is 2.93. The molecule has 1 aliphatic carbocycles. The summed E-state index contributed by atoms with van der Waals surface area (Å²) in [5, 5.41) is 2.61. The quantitative estimate of drug-likeness (QED) is 0.821. The van der Waals surface area contributed by atoms with Crippen molar-refractivity contribution in [3.8, 4) is 11.1 Å². The third-order valence-corrected chi connectivity index (χ3v) is 4.41. The van der Waals surface area contributed by atoms with E-state index in [0.29, 0.717) is 6.42 Å². The molecule has 0 spiro atoms. The van der Waals surface area contributed by atoms with Gasteiger partial charge in [0.25, 0.3) is 0 Å². The van der Waals surface area contributed by atoms with Gasteiger partial charge in [0.15, 0.2) is 0 Å². The zero-order chi connectivity index (χ0) is 16.9. The van der Waals surface area contributed by atoms with Crippen LogP contribution in [0.1, 0.15) is 36.8 Å². The Morgan fingerprint density at radius 3 is 2.25 bits per heavy atom. The minimum Gasteiger partial charge on any atom is -0.449 e. The summed E-state index contributed by atoms with van der Waals surface area (Å²) < 4.78 is 5.41. The first kappa shape index (κ1) is 16.2. The molecule has 2 aromatic carbocycles. The van der Waals surface area contributed by atoms with E-state index in [0.717, 1.165) is 12.7 Å². The summed E-state index contributed by atoms with van der Waals surface area (Å²) in [6, 6.07) is 15.9. The zero-order valence-electron chi connectivity index (χ0n) is 13.7. The maximum absolute atomic E-state index is 12.0. The van der Waals surface area contributed by atoms with Crippen LogP contribution < -0.4 is 5.32 Å². The van der Waals surface area contributed by atoms with Crippen LogP contribution in [0.5, 0.6) is 0 Å². The van der Waals surface area contributed by atoms with Gasteiger partial charge in [-0.3, -0.25) is 0 Å². The van der Waals surface area contributed by atoms with E-state index in [1.807, 2.05) is 31.2 Å². The lowest BCUT2D eigenvalue weighted by atomic mass is 9.98. The van der Waals surface area contributed by atoms with Crippen molar-refractivity contribution >= 4 is 12.4 Å². The van der Waals surface area contributed by atoms with Crippen LogP contribution in [0.2, 0.25) is 0 Å². The maximum atomic E-state index is 12.0. The van der Waals surface area contributed by atoms with Gasteiger partial charge >= 0.3 is 6.09 Å². The molecule has 0 fully saturated rings. The number of benzene rings is 2. The van der Waals surface area contributed by atoms with Crippen LogP contribution in [0.25, 0.3) is 11.1 Å². The maximum Gasteiger partial charge on any atom is 0.407 e. The number of amides is 1. The topological polar surface area (TPSA) is 55.4 Å². The van der Waals surface area contributed by atoms with E-state index in [9.17, 15) is 9.59 Å². The van der Waals surface area contributed by atoms with Crippen LogP contribution in [-0.4, -0.2) is 25.0 Å². The molecular weight excluding hydrogens is 302 g/mol. The Kier molecular flexibility index (Phi) is 4.94. The Bertz CT molecular complexity index is 696. The van der Waals surface area contributed by atoms with Crippen LogP contribution in [0.3, 0.4) is 0 Å². The molecule has 0 saturated heterocycles. The molecule has 1 amide bonds. The number of rotatable bonds is 6. The van der Waals surface area contributed by atoms with E-state index in [-0.39, 0.29) is 12.5 Å². The van der Waals surface area contributed by atoms with Crippen molar-refractivity contribution in [1.82, 2.24) is 5.32 Å². The van der Waals surface area contributed by atoms with Crippen molar-refractivity contribution in [2.45, 2.75) is 31.7 Å². The van der Waals surface area contributed by atoms with Gasteiger partial charge in [-0.1, -0.05) is 61.9 Å². The number of nitrogens with one attached hydrogen (secondary N) is 1. The fourth-order valence-corrected chi connectivity index (χ4v) is 3.28. The van der Waals surface area contributed by atoms with E-state index in [1.54, 1.807) is 0 Å². The Hall–Kier alpha value is -2.62. The molecule has 0 aromatic heterocycles. The molecular formula is C20H21NO3. The molecule has 1 unspecified atom stereocenters. The first-order chi connectivity index (χ1) is 11.7. The van der Waals surface area contributed by atoms with Gasteiger partial charge < -0.3 is 14.8 Å². The molecule has 0 bridgehead atoms. The fraction of sp³-hybridized carbons (Fsp3) is 0.300. The molecule has 0 radical (unpaired) electrons. The van der Waals surface area contributed by atoms with Crippen molar-refractivity contribution in [2.75, 3.05) is 6.61 Å². The van der Waals surface area contributed by atoms with Gasteiger partial charge in [-0.25, -0.2) is 4.79 Å². The highest BCUT2D eigenvalue weighted by Gasteiger charge is 2.29. The number of carbonyl (C=O) groups excluding carboxylic acids is 2. The Morgan fingerprint density at radius 1 is 1.12 bits per heavy atom. The van der Waals surface area contributed by atoms with Crippen molar-refractivity contribution < 1.29 is 14.3 Å². The summed E-state index contributed by atoms with van der Waals surface area (Å²) in [7, 11) is 0. The van der Waals surface area contributed by atoms with E-state index < -0.39 is 12.1 Å². The van der Waals surface area contributed by atoms with Crippen LogP contribution in [0.4, 0.5) is 4.79 Å². The first-order valence-corrected chi connectivity index (χ1v) is 8.31. The third kappa shape index (κ3) is 3.18. The van der Waals surface area contributed by atoms with Crippen molar-refractivity contribution in [3.63, 3.8) is 0 Å². The van der Waals surface area contributed by atoms with Gasteiger partial charge in [-0.2, -0.15) is 0 Å². The zero-order valence-corrected chi connectivity index (χ0v) is 13.7. The Morgan fingerprint density at radius 2 is 1.71 bits per heavy atom. The number of alkyl carbamates (subject to hydrolysis) is 1. The molecule has 1 aliphatic rings. The standard InChI is InChI=1S/C20H21NO3/c1-2-7-14(12-22)21-20(23)24-13-19-17-10-5-3-8-15(17)16-9-4-6-11-18(16)19/h3-6,8-12,14,19H,2,7,13H2,1H3,(H,21,23). The van der Waals surface area contributed by atoms with Crippen LogP contribution >= 0.6 is 0 Å². The average molecular weight is 323 g/mol. The SMILES string of the molecule is CCCC(C=O)NC(=O)OCC1c2ccccc2-c2ccccc21. The normalized spacial score (nSPS) is 13.7. The smallest absolute Gasteiger partial charge is 0.407 e. The van der Waals surface area contributed by atoms with Crippen molar-refractivity contribution in [1.29, 1.82) is 0 Å². The number of ether oxygens (including phenoxy) is 1. The summed E-state index contributed by atoms with van der Waals surface area (Å²) in [4.78, 5) is 22.9. The van der Waals surface area contributed by atoms with Crippen molar-refractivity contribution in [3.05, 3.63) is 59.7 Å². The lowest BCUT2D eigenvalue weighted by Crippen LogP contribution is -2.36. The number of hydrogen-bond donors (Lipinski definition) is 1. The van der Waals surface area contributed by atoms with Gasteiger partial charge in [0.1, 0.15) is 12.9 Å². The second-order valence-corrected chi connectivity index (χ2v) is 6.00. The highest BCUT2D eigenvalue weighted by Crippen LogP contribution is 2.44. The van der Waals surface area contributed by atoms with Crippen molar-refractivity contribution in [2.24, 2.45) is 0 Å². The van der Waals surface area contributed by atoms with Gasteiger partial charge in [0.2, 0.25) is 0 Å². The number of aldehydes is 1. The second-order valence-electron chi connectivity index (χ2n) is 6.00. The molecule has 0 aliphatic heterocycles. The Balaban J connectivity index is 1.71. The molecule has 1 atom stereocenters. The second kappa shape index (κ2) is 7.30. The minimum absolute atomic E-state index is 0.0315. The summed E-state index contributed by atoms with van der Waals surface area (Å²) >= 11 is 0. The van der Waals surface area contributed by atoms with Crippen LogP contribution in [-0.2, 0) is 9.53 Å². The summed E-state index contributed by atoms with van der Waals surface area (Å²) in [5.74, 6) is 0.0315. The highest BCUT2D eigenvalue weighted by atomic mass is 16.5. The number of fused-ring (bicyclic) bond motifs is 3. The summed E-state index contributed by atoms with van der Waals surface area (Å²) in [6.07, 6.45) is 1.66. The predicted molar refractivity (Wildman–Crippen MR) is 93.0 cm³/mol. The molecule has 4 heteroatoms. The monoisotopic (exact) mass is 323 g/mol. The molecule has 0 saturated carbocycles. The lowest BCUT2D eigenvalue weighted by molar-refractivity contribution is -0.109. The molecule has 124 valence electrons. The van der Waals surface area contributed by atoms with E-state index in [1.165, 1.54) is 22.3 Å². The van der Waals surface area contributed by atoms with E-state index >= 15 is 0 Å². The number of carbonyl (C=O) groups is 2. The van der Waals surface area contributed by atoms with Gasteiger partial charge in [-0.05, 0) is 28.7 Å². The Labute approximate surface area is 141 Å². The largest absolute Gasteiger partial charge is 0.449 e. The molecule has 0 heterocycles. The molecule has 24 heavy (non-hydrogen) atoms. The first-order valence-electron chi connectivity index (χ1n) is 8.31. The molecule has 3 rings (SSSR count). The molecule has 2 aromatic rings. The third-order valence-electron chi connectivity index (χ3n) is 4.41. The predicted octanol–water partition coefficient (Wildman–Crippen LogP) is 3.89. The number of hydrogen-bond acceptors (Lipinski definition) is 3. The lowest BCUT2D eigenvalue weighted by Gasteiger charge is -2.16. The van der Waals surface area contributed by atoms with E-state index in [2.05, 4.69) is 29.6 Å². The van der Waals surface area contributed by atoms with Gasteiger partial charge in [-0.15, -0.1) is 0 Å². The van der Waals surface area contributed by atoms with Gasteiger partial charge in [0, 0.05) is 5.92 Å². The summed E-state index contributed by atoms with van der Waals surface area (Å²) in [6.45, 7) is 2.23. The molecule has 1 N–H and O–H groups in total.